The smallest absolute Gasteiger partial charge is 0.189 e. The highest BCUT2D eigenvalue weighted by Crippen LogP contribution is 2.23. The third-order valence-corrected chi connectivity index (χ3v) is 24.5. The number of hydrogen-bond acceptors (Lipinski definition) is 12. The monoisotopic (exact) mass is 1480 g/mol. The van der Waals surface area contributed by atoms with Crippen molar-refractivity contribution in [1.29, 1.82) is 0 Å². The molecule has 0 aliphatic carbocycles. The van der Waals surface area contributed by atoms with E-state index in [1.54, 1.807) is 0 Å². The SMILES string of the molecule is CCCCCCCCCCCCCCCCC(O)CN(CCCC(=O)SCCN1CC(C)N(CCSC(=O)CCCN(CC(O)CCCCCCCCCCCCCCCC)CC(O)CCCCCCCCCCCCCCCC)CC1C)CC(O)CCCCCCCCCCCCCCCC. The van der Waals surface area contributed by atoms with Gasteiger partial charge in [-0.25, -0.2) is 0 Å². The lowest BCUT2D eigenvalue weighted by Gasteiger charge is -2.44. The molecular formula is C90H180N4O6S2. The number of thioether (sulfide) groups is 2. The maximum Gasteiger partial charge on any atom is 0.189 e. The quantitative estimate of drug-likeness (QED) is 0.0433. The Labute approximate surface area is 645 Å². The molecule has 0 amide bonds. The fourth-order valence-electron chi connectivity index (χ4n) is 15.9. The lowest BCUT2D eigenvalue weighted by molar-refractivity contribution is -0.112. The van der Waals surface area contributed by atoms with E-state index in [1.807, 2.05) is 0 Å². The molecule has 608 valence electrons. The minimum Gasteiger partial charge on any atom is -0.392 e. The van der Waals surface area contributed by atoms with Crippen molar-refractivity contribution >= 4 is 33.8 Å². The van der Waals surface area contributed by atoms with Crippen molar-refractivity contribution in [3.8, 4) is 0 Å². The Morgan fingerprint density at radius 2 is 0.471 bits per heavy atom. The Hall–Kier alpha value is -0.280. The number of piperazine rings is 1. The second-order valence-electron chi connectivity index (χ2n) is 33.0. The van der Waals surface area contributed by atoms with Crippen molar-refractivity contribution in [1.82, 2.24) is 19.6 Å². The van der Waals surface area contributed by atoms with Crippen molar-refractivity contribution < 1.29 is 30.0 Å². The van der Waals surface area contributed by atoms with Crippen LogP contribution in [0.4, 0.5) is 0 Å². The van der Waals surface area contributed by atoms with E-state index in [2.05, 4.69) is 61.1 Å². The third kappa shape index (κ3) is 67.8. The summed E-state index contributed by atoms with van der Waals surface area (Å²) >= 11 is 2.95. The van der Waals surface area contributed by atoms with Gasteiger partial charge in [-0.2, -0.15) is 0 Å². The van der Waals surface area contributed by atoms with E-state index >= 15 is 0 Å². The van der Waals surface area contributed by atoms with Crippen molar-refractivity contribution in [2.24, 2.45) is 0 Å². The van der Waals surface area contributed by atoms with E-state index in [0.29, 0.717) is 51.1 Å². The fraction of sp³-hybridized carbons (Fsp3) is 0.978. The molecule has 6 atom stereocenters. The van der Waals surface area contributed by atoms with Crippen LogP contribution in [0, 0.1) is 0 Å². The van der Waals surface area contributed by atoms with Crippen LogP contribution >= 0.6 is 23.5 Å². The standard InChI is InChI=1S/C90H180N4O6S2/c1-7-11-15-19-23-27-31-35-39-43-47-51-55-59-65-85(95)79-91(80-86(96)66-60-56-52-48-44-40-36-32-28-24-20-16-12-8-2)71-63-69-89(99)101-75-73-93-77-84(6)94(78-83(93)5)74-76-102-90(100)70-64-72-92(81-87(97)67-61-57-53-49-45-41-37-33-29-25-21-17-13-9-3)82-88(98)68-62-58-54-50-46-42-38-34-30-26-22-18-14-10-4/h83-88,95-98H,7-82H2,1-6H3. The maximum atomic E-state index is 13.4. The van der Waals surface area contributed by atoms with Crippen LogP contribution in [0.25, 0.3) is 0 Å². The van der Waals surface area contributed by atoms with Gasteiger partial charge >= 0.3 is 0 Å². The Morgan fingerprint density at radius 1 is 0.294 bits per heavy atom. The molecule has 0 aromatic carbocycles. The lowest BCUT2D eigenvalue weighted by atomic mass is 10.0. The van der Waals surface area contributed by atoms with Crippen molar-refractivity contribution in [3.63, 3.8) is 0 Å². The number of nitrogens with zero attached hydrogens (tertiary/aromatic N) is 4. The molecule has 1 rings (SSSR count). The summed E-state index contributed by atoms with van der Waals surface area (Å²) in [6, 6.07) is 0.747. The Kier molecular flexibility index (Phi) is 75.7. The number of hydrogen-bond donors (Lipinski definition) is 4. The van der Waals surface area contributed by atoms with Gasteiger partial charge in [-0.1, -0.05) is 411 Å². The van der Waals surface area contributed by atoms with Crippen LogP contribution in [0.3, 0.4) is 0 Å². The summed E-state index contributed by atoms with van der Waals surface area (Å²) in [6.07, 6.45) is 78.6. The zero-order valence-electron chi connectivity index (χ0n) is 69.4. The number of carbonyl (C=O) groups is 2. The summed E-state index contributed by atoms with van der Waals surface area (Å²) in [7, 11) is 0. The van der Waals surface area contributed by atoms with Gasteiger partial charge in [0, 0.05) is 88.8 Å². The molecule has 6 unspecified atom stereocenters. The van der Waals surface area contributed by atoms with Crippen LogP contribution in [0.5, 0.6) is 0 Å². The molecule has 0 spiro atoms. The van der Waals surface area contributed by atoms with Crippen LogP contribution in [-0.2, 0) is 9.59 Å². The number of carbonyl (C=O) groups excluding carboxylic acids is 2. The zero-order chi connectivity index (χ0) is 74.1. The summed E-state index contributed by atoms with van der Waals surface area (Å²) in [4.78, 5) is 36.4. The Bertz CT molecular complexity index is 1520. The summed E-state index contributed by atoms with van der Waals surface area (Å²) in [5, 5.41) is 45.6. The van der Waals surface area contributed by atoms with Gasteiger partial charge in [0.1, 0.15) is 0 Å². The van der Waals surface area contributed by atoms with Gasteiger partial charge in [-0.15, -0.1) is 0 Å². The molecule has 1 aliphatic heterocycles. The van der Waals surface area contributed by atoms with Gasteiger partial charge in [-0.05, 0) is 65.5 Å². The van der Waals surface area contributed by atoms with E-state index in [0.717, 1.165) is 115 Å². The van der Waals surface area contributed by atoms with Gasteiger partial charge < -0.3 is 20.4 Å². The van der Waals surface area contributed by atoms with Crippen molar-refractivity contribution in [2.75, 3.05) is 77.0 Å². The molecule has 0 bridgehead atoms. The minimum absolute atomic E-state index is 0.246. The first-order valence-electron chi connectivity index (χ1n) is 45.9. The molecule has 1 aliphatic rings. The molecule has 12 heteroatoms. The Morgan fingerprint density at radius 3 is 0.657 bits per heavy atom. The molecule has 0 saturated carbocycles. The topological polar surface area (TPSA) is 128 Å². The van der Waals surface area contributed by atoms with Crippen LogP contribution in [0.2, 0.25) is 0 Å². The first kappa shape index (κ1) is 99.7. The highest BCUT2D eigenvalue weighted by molar-refractivity contribution is 8.13. The molecule has 0 aromatic rings. The van der Waals surface area contributed by atoms with Crippen LogP contribution in [0.1, 0.15) is 452 Å². The molecule has 1 heterocycles. The van der Waals surface area contributed by atoms with Gasteiger partial charge in [0.2, 0.25) is 0 Å². The fourth-order valence-corrected chi connectivity index (χ4v) is 17.5. The maximum absolute atomic E-state index is 13.4. The van der Waals surface area contributed by atoms with E-state index in [-0.39, 0.29) is 10.2 Å². The predicted octanol–water partition coefficient (Wildman–Crippen LogP) is 25.0. The molecule has 10 nitrogen and oxygen atoms in total. The molecular weight excluding hydrogens is 1300 g/mol. The third-order valence-electron chi connectivity index (χ3n) is 22.7. The van der Waals surface area contributed by atoms with E-state index < -0.39 is 24.4 Å². The van der Waals surface area contributed by atoms with Crippen molar-refractivity contribution in [2.45, 2.75) is 489 Å². The average Bonchev–Trinajstić information content (AvgIpc) is 0.849. The van der Waals surface area contributed by atoms with E-state index in [4.69, 9.17) is 0 Å². The van der Waals surface area contributed by atoms with E-state index in [1.165, 1.54) is 357 Å². The first-order valence-corrected chi connectivity index (χ1v) is 47.8. The highest BCUT2D eigenvalue weighted by atomic mass is 32.2. The molecule has 1 saturated heterocycles. The number of rotatable bonds is 82. The van der Waals surface area contributed by atoms with Gasteiger partial charge in [0.05, 0.1) is 24.4 Å². The van der Waals surface area contributed by atoms with Gasteiger partial charge in [0.15, 0.2) is 10.2 Å². The van der Waals surface area contributed by atoms with Crippen LogP contribution in [-0.4, -0.2) is 164 Å². The normalized spacial score (nSPS) is 15.9. The molecule has 0 aromatic heterocycles. The Balaban J connectivity index is 2.56. The average molecular weight is 1480 g/mol. The van der Waals surface area contributed by atoms with Gasteiger partial charge in [0.25, 0.3) is 0 Å². The van der Waals surface area contributed by atoms with E-state index in [9.17, 15) is 30.0 Å². The number of aliphatic hydroxyl groups is 4. The van der Waals surface area contributed by atoms with Crippen LogP contribution in [0.15, 0.2) is 0 Å². The number of unbranched alkanes of at least 4 members (excludes halogenated alkanes) is 52. The summed E-state index contributed by atoms with van der Waals surface area (Å²) in [5.74, 6) is 1.57. The molecule has 102 heavy (non-hydrogen) atoms. The molecule has 0 radical (unpaired) electrons. The predicted molar refractivity (Wildman–Crippen MR) is 452 cm³/mol. The largest absolute Gasteiger partial charge is 0.392 e. The lowest BCUT2D eigenvalue weighted by Crippen LogP contribution is -2.57. The minimum atomic E-state index is -0.403. The first-order chi connectivity index (χ1) is 49.9. The molecule has 1 fully saturated rings. The number of aliphatic hydroxyl groups excluding tert-OH is 4. The molecule has 4 N–H and O–H groups in total. The summed E-state index contributed by atoms with van der Waals surface area (Å²) in [6.45, 7) is 21.2. The summed E-state index contributed by atoms with van der Waals surface area (Å²) < 4.78 is 0. The zero-order valence-corrected chi connectivity index (χ0v) is 71.0. The second kappa shape index (κ2) is 77.4. The summed E-state index contributed by atoms with van der Waals surface area (Å²) in [5.41, 5.74) is 0. The second-order valence-corrected chi connectivity index (χ2v) is 35.3. The van der Waals surface area contributed by atoms with Gasteiger partial charge in [-0.3, -0.25) is 29.2 Å². The van der Waals surface area contributed by atoms with Crippen LogP contribution < -0.4 is 0 Å². The van der Waals surface area contributed by atoms with Crippen molar-refractivity contribution in [3.05, 3.63) is 0 Å². The highest BCUT2D eigenvalue weighted by Gasteiger charge is 2.29.